The molecule has 0 spiro atoms. The molecule has 0 bridgehead atoms. The van der Waals surface area contributed by atoms with Gasteiger partial charge in [0.05, 0.1) is 18.9 Å². The maximum absolute atomic E-state index is 11.3. The quantitative estimate of drug-likeness (QED) is 0.822. The number of ether oxygens (including phenoxy) is 1. The molecule has 6 heteroatoms. The second-order valence-corrected chi connectivity index (χ2v) is 3.74. The molecular formula is C12H13N3O3. The molecule has 1 aromatic carbocycles. The van der Waals surface area contributed by atoms with Crippen LogP contribution in [-0.4, -0.2) is 33.0 Å². The van der Waals surface area contributed by atoms with Gasteiger partial charge in [0.25, 0.3) is 5.82 Å². The van der Waals surface area contributed by atoms with E-state index in [0.717, 1.165) is 0 Å². The summed E-state index contributed by atoms with van der Waals surface area (Å²) in [6, 6.07) is 7.22. The fourth-order valence-corrected chi connectivity index (χ4v) is 1.61. The number of aliphatic hydroxyl groups excluding tert-OH is 1. The van der Waals surface area contributed by atoms with Crippen LogP contribution in [0.15, 0.2) is 30.6 Å². The fourth-order valence-electron chi connectivity index (χ4n) is 1.61. The summed E-state index contributed by atoms with van der Waals surface area (Å²) in [4.78, 5) is 15.1. The monoisotopic (exact) mass is 247 g/mol. The molecule has 0 fully saturated rings. The van der Waals surface area contributed by atoms with Gasteiger partial charge in [-0.3, -0.25) is 0 Å². The van der Waals surface area contributed by atoms with E-state index in [1.807, 2.05) is 12.1 Å². The number of para-hydroxylation sites is 1. The molecule has 1 N–H and O–H groups in total. The number of benzene rings is 1. The van der Waals surface area contributed by atoms with E-state index in [-0.39, 0.29) is 5.82 Å². The van der Waals surface area contributed by atoms with Crippen LogP contribution >= 0.6 is 0 Å². The number of nitrogens with zero attached hydrogens (tertiary/aromatic N) is 3. The van der Waals surface area contributed by atoms with Gasteiger partial charge in [0.2, 0.25) is 0 Å². The van der Waals surface area contributed by atoms with E-state index in [1.165, 1.54) is 18.1 Å². The van der Waals surface area contributed by atoms with Crippen LogP contribution in [0.2, 0.25) is 0 Å². The largest absolute Gasteiger partial charge is 0.463 e. The maximum atomic E-state index is 11.3. The standard InChI is InChI=1S/C12H13N3O3/c1-8(16)9-5-3-4-6-10(9)15-7-13-11(14-15)12(17)18-2/h3-8,16H,1-2H3/t8-/m1/s1. The van der Waals surface area contributed by atoms with Gasteiger partial charge in [-0.15, -0.1) is 5.10 Å². The van der Waals surface area contributed by atoms with Crippen molar-refractivity contribution in [2.24, 2.45) is 0 Å². The van der Waals surface area contributed by atoms with Gasteiger partial charge >= 0.3 is 5.97 Å². The van der Waals surface area contributed by atoms with Gasteiger partial charge in [-0.2, -0.15) is 0 Å². The highest BCUT2D eigenvalue weighted by Crippen LogP contribution is 2.20. The number of carbonyl (C=O) groups excluding carboxylic acids is 1. The summed E-state index contributed by atoms with van der Waals surface area (Å²) in [6.45, 7) is 1.66. The smallest absolute Gasteiger partial charge is 0.377 e. The Bertz CT molecular complexity index is 563. The van der Waals surface area contributed by atoms with Gasteiger partial charge < -0.3 is 9.84 Å². The molecule has 1 heterocycles. The molecular weight excluding hydrogens is 234 g/mol. The topological polar surface area (TPSA) is 77.2 Å². The number of esters is 1. The van der Waals surface area contributed by atoms with Crippen molar-refractivity contribution in [3.05, 3.63) is 42.0 Å². The van der Waals surface area contributed by atoms with Crippen LogP contribution in [0.1, 0.15) is 29.2 Å². The predicted octanol–water partition coefficient (Wildman–Crippen LogP) is 1.11. The lowest BCUT2D eigenvalue weighted by Crippen LogP contribution is -2.07. The van der Waals surface area contributed by atoms with E-state index in [1.54, 1.807) is 19.1 Å². The molecule has 0 aliphatic carbocycles. The van der Waals surface area contributed by atoms with Crippen LogP contribution in [0, 0.1) is 0 Å². The summed E-state index contributed by atoms with van der Waals surface area (Å²) >= 11 is 0. The highest BCUT2D eigenvalue weighted by molar-refractivity contribution is 5.84. The molecule has 18 heavy (non-hydrogen) atoms. The summed E-state index contributed by atoms with van der Waals surface area (Å²) in [5, 5.41) is 13.7. The molecule has 0 aliphatic heterocycles. The third-order valence-electron chi connectivity index (χ3n) is 2.49. The summed E-state index contributed by atoms with van der Waals surface area (Å²) < 4.78 is 5.98. The Morgan fingerprint density at radius 2 is 2.17 bits per heavy atom. The molecule has 2 aromatic rings. The van der Waals surface area contributed by atoms with Crippen LogP contribution in [-0.2, 0) is 4.74 Å². The van der Waals surface area contributed by atoms with Crippen LogP contribution in [0.3, 0.4) is 0 Å². The minimum Gasteiger partial charge on any atom is -0.463 e. The van der Waals surface area contributed by atoms with Crippen molar-refractivity contribution in [2.45, 2.75) is 13.0 Å². The molecule has 0 saturated carbocycles. The van der Waals surface area contributed by atoms with E-state index in [2.05, 4.69) is 14.8 Å². The van der Waals surface area contributed by atoms with Crippen molar-refractivity contribution < 1.29 is 14.6 Å². The Morgan fingerprint density at radius 1 is 1.44 bits per heavy atom. The van der Waals surface area contributed by atoms with Crippen molar-refractivity contribution in [3.63, 3.8) is 0 Å². The van der Waals surface area contributed by atoms with Gasteiger partial charge in [-0.25, -0.2) is 14.5 Å². The van der Waals surface area contributed by atoms with Crippen LogP contribution in [0.5, 0.6) is 0 Å². The fraction of sp³-hybridized carbons (Fsp3) is 0.250. The SMILES string of the molecule is COC(=O)c1ncn(-c2ccccc2[C@@H](C)O)n1. The van der Waals surface area contributed by atoms with Crippen molar-refractivity contribution in [2.75, 3.05) is 7.11 Å². The molecule has 0 aliphatic rings. The predicted molar refractivity (Wildman–Crippen MR) is 63.3 cm³/mol. The molecule has 1 atom stereocenters. The van der Waals surface area contributed by atoms with Gasteiger partial charge in [0, 0.05) is 5.56 Å². The Morgan fingerprint density at radius 3 is 2.83 bits per heavy atom. The Hall–Kier alpha value is -2.21. The summed E-state index contributed by atoms with van der Waals surface area (Å²) in [5.74, 6) is -0.610. The first-order chi connectivity index (χ1) is 8.63. The van der Waals surface area contributed by atoms with Crippen molar-refractivity contribution in [1.29, 1.82) is 0 Å². The van der Waals surface area contributed by atoms with E-state index in [9.17, 15) is 9.90 Å². The molecule has 0 unspecified atom stereocenters. The second-order valence-electron chi connectivity index (χ2n) is 3.74. The van der Waals surface area contributed by atoms with E-state index in [0.29, 0.717) is 11.3 Å². The maximum Gasteiger partial charge on any atom is 0.377 e. The van der Waals surface area contributed by atoms with E-state index in [4.69, 9.17) is 0 Å². The average molecular weight is 247 g/mol. The van der Waals surface area contributed by atoms with Crippen LogP contribution in [0.25, 0.3) is 5.69 Å². The van der Waals surface area contributed by atoms with Gasteiger partial charge in [0.1, 0.15) is 6.33 Å². The summed E-state index contributed by atoms with van der Waals surface area (Å²) in [5.41, 5.74) is 1.38. The molecule has 94 valence electrons. The first-order valence-electron chi connectivity index (χ1n) is 5.41. The molecule has 0 radical (unpaired) electrons. The highest BCUT2D eigenvalue weighted by Gasteiger charge is 2.14. The third kappa shape index (κ3) is 2.23. The number of aliphatic hydroxyl groups is 1. The number of hydrogen-bond acceptors (Lipinski definition) is 5. The minimum absolute atomic E-state index is 0.0158. The van der Waals surface area contributed by atoms with Crippen molar-refractivity contribution in [3.8, 4) is 5.69 Å². The molecule has 1 aromatic heterocycles. The minimum atomic E-state index is -0.632. The Kier molecular flexibility index (Phi) is 3.38. The summed E-state index contributed by atoms with van der Waals surface area (Å²) in [6.07, 6.45) is 0.778. The van der Waals surface area contributed by atoms with Gasteiger partial charge in [-0.1, -0.05) is 18.2 Å². The first-order valence-corrected chi connectivity index (χ1v) is 5.41. The Balaban J connectivity index is 2.43. The lowest BCUT2D eigenvalue weighted by Gasteiger charge is -2.10. The van der Waals surface area contributed by atoms with E-state index < -0.39 is 12.1 Å². The van der Waals surface area contributed by atoms with Crippen molar-refractivity contribution >= 4 is 5.97 Å². The van der Waals surface area contributed by atoms with Crippen LogP contribution < -0.4 is 0 Å². The zero-order chi connectivity index (χ0) is 13.1. The molecule has 0 amide bonds. The van der Waals surface area contributed by atoms with Crippen molar-refractivity contribution in [1.82, 2.24) is 14.8 Å². The number of aromatic nitrogens is 3. The summed E-state index contributed by atoms with van der Waals surface area (Å²) in [7, 11) is 1.27. The zero-order valence-electron chi connectivity index (χ0n) is 10.1. The second kappa shape index (κ2) is 4.97. The average Bonchev–Trinajstić information content (AvgIpc) is 2.87. The number of carbonyl (C=O) groups is 1. The lowest BCUT2D eigenvalue weighted by atomic mass is 10.1. The van der Waals surface area contributed by atoms with Gasteiger partial charge in [0.15, 0.2) is 0 Å². The first kappa shape index (κ1) is 12.3. The Labute approximate surface area is 104 Å². The zero-order valence-corrected chi connectivity index (χ0v) is 10.1. The number of hydrogen-bond donors (Lipinski definition) is 1. The highest BCUT2D eigenvalue weighted by atomic mass is 16.5. The molecule has 6 nitrogen and oxygen atoms in total. The molecule has 0 saturated heterocycles. The normalized spacial score (nSPS) is 12.2. The number of methoxy groups -OCH3 is 1. The van der Waals surface area contributed by atoms with Crippen LogP contribution in [0.4, 0.5) is 0 Å². The third-order valence-corrected chi connectivity index (χ3v) is 2.49. The van der Waals surface area contributed by atoms with E-state index >= 15 is 0 Å². The van der Waals surface area contributed by atoms with Gasteiger partial charge in [-0.05, 0) is 13.0 Å². The number of rotatable bonds is 3. The molecule has 2 rings (SSSR count). The lowest BCUT2D eigenvalue weighted by molar-refractivity contribution is 0.0587.